The number of hydrogen-bond donors (Lipinski definition) is 1. The zero-order valence-electron chi connectivity index (χ0n) is 16.0. The van der Waals surface area contributed by atoms with E-state index in [1.807, 2.05) is 31.2 Å². The fourth-order valence-corrected chi connectivity index (χ4v) is 4.04. The molecule has 1 N–H and O–H groups in total. The van der Waals surface area contributed by atoms with E-state index in [2.05, 4.69) is 36.0 Å². The Kier molecular flexibility index (Phi) is 5.75. The van der Waals surface area contributed by atoms with Crippen LogP contribution in [0.5, 0.6) is 0 Å². The number of benzene rings is 1. The lowest BCUT2D eigenvalue weighted by Gasteiger charge is -2.35. The van der Waals surface area contributed by atoms with Crippen LogP contribution >= 0.6 is 11.3 Å². The largest absolute Gasteiger partial charge is 0.379 e. The molecule has 1 amide bonds. The molecule has 1 aromatic carbocycles. The van der Waals surface area contributed by atoms with Gasteiger partial charge in [0, 0.05) is 41.2 Å². The SMILES string of the molecule is Cc1nc(-c2cccc(C(=O)NC(C)(C)CN3CCOCC3)c2)sc1C. The maximum Gasteiger partial charge on any atom is 0.251 e. The molecule has 140 valence electrons. The topological polar surface area (TPSA) is 54.5 Å². The van der Waals surface area contributed by atoms with Crippen LogP contribution in [-0.4, -0.2) is 54.2 Å². The van der Waals surface area contributed by atoms with Gasteiger partial charge in [-0.15, -0.1) is 11.3 Å². The van der Waals surface area contributed by atoms with Gasteiger partial charge < -0.3 is 10.1 Å². The summed E-state index contributed by atoms with van der Waals surface area (Å²) in [5, 5.41) is 4.14. The second-order valence-corrected chi connectivity index (χ2v) is 8.67. The first-order valence-electron chi connectivity index (χ1n) is 9.01. The number of thiazole rings is 1. The number of nitrogens with one attached hydrogen (secondary N) is 1. The molecule has 26 heavy (non-hydrogen) atoms. The third-order valence-electron chi connectivity index (χ3n) is 4.57. The summed E-state index contributed by atoms with van der Waals surface area (Å²) in [4.78, 5) is 20.9. The Labute approximate surface area is 159 Å². The minimum Gasteiger partial charge on any atom is -0.379 e. The van der Waals surface area contributed by atoms with E-state index in [1.54, 1.807) is 11.3 Å². The fraction of sp³-hybridized carbons (Fsp3) is 0.500. The first-order chi connectivity index (χ1) is 12.3. The summed E-state index contributed by atoms with van der Waals surface area (Å²) >= 11 is 1.66. The molecule has 0 atom stereocenters. The zero-order chi connectivity index (χ0) is 18.7. The van der Waals surface area contributed by atoms with Crippen LogP contribution in [0, 0.1) is 13.8 Å². The first-order valence-corrected chi connectivity index (χ1v) is 9.83. The molecule has 0 unspecified atom stereocenters. The van der Waals surface area contributed by atoms with Crippen LogP contribution in [0.2, 0.25) is 0 Å². The summed E-state index contributed by atoms with van der Waals surface area (Å²) in [6.45, 7) is 12.4. The Bertz CT molecular complexity index is 760. The van der Waals surface area contributed by atoms with Crippen LogP contribution in [0.15, 0.2) is 24.3 Å². The summed E-state index contributed by atoms with van der Waals surface area (Å²) in [7, 11) is 0. The number of aryl methyl sites for hydroxylation is 2. The van der Waals surface area contributed by atoms with Crippen LogP contribution in [0.3, 0.4) is 0 Å². The van der Waals surface area contributed by atoms with E-state index in [-0.39, 0.29) is 11.4 Å². The molecule has 0 radical (unpaired) electrons. The van der Waals surface area contributed by atoms with E-state index in [1.165, 1.54) is 4.88 Å². The average molecular weight is 374 g/mol. The number of amides is 1. The third-order valence-corrected chi connectivity index (χ3v) is 5.70. The van der Waals surface area contributed by atoms with Gasteiger partial charge in [0.05, 0.1) is 18.9 Å². The highest BCUT2D eigenvalue weighted by Crippen LogP contribution is 2.27. The second-order valence-electron chi connectivity index (χ2n) is 7.47. The van der Waals surface area contributed by atoms with Gasteiger partial charge >= 0.3 is 0 Å². The molecule has 0 aliphatic carbocycles. The van der Waals surface area contributed by atoms with Gasteiger partial charge in [0.1, 0.15) is 5.01 Å². The molecule has 0 bridgehead atoms. The molecule has 5 nitrogen and oxygen atoms in total. The highest BCUT2D eigenvalue weighted by atomic mass is 32.1. The number of hydrogen-bond acceptors (Lipinski definition) is 5. The lowest BCUT2D eigenvalue weighted by atomic mass is 10.0. The summed E-state index contributed by atoms with van der Waals surface area (Å²) in [5.41, 5.74) is 2.40. The molecule has 1 aliphatic rings. The van der Waals surface area contributed by atoms with Gasteiger partial charge in [-0.1, -0.05) is 12.1 Å². The highest BCUT2D eigenvalue weighted by Gasteiger charge is 2.25. The predicted molar refractivity (Wildman–Crippen MR) is 106 cm³/mol. The number of rotatable bonds is 5. The number of morpholine rings is 1. The Morgan fingerprint density at radius 2 is 2.04 bits per heavy atom. The maximum absolute atomic E-state index is 12.8. The monoisotopic (exact) mass is 373 g/mol. The van der Waals surface area contributed by atoms with Gasteiger partial charge in [-0.25, -0.2) is 4.98 Å². The average Bonchev–Trinajstić information content (AvgIpc) is 2.94. The molecule has 2 heterocycles. The lowest BCUT2D eigenvalue weighted by Crippen LogP contribution is -2.53. The summed E-state index contributed by atoms with van der Waals surface area (Å²) in [5.74, 6) is -0.0462. The first kappa shape index (κ1) is 19.0. The molecular formula is C20H27N3O2S. The van der Waals surface area contributed by atoms with E-state index in [0.29, 0.717) is 5.56 Å². The van der Waals surface area contributed by atoms with Crippen LogP contribution < -0.4 is 5.32 Å². The van der Waals surface area contributed by atoms with E-state index in [4.69, 9.17) is 4.74 Å². The summed E-state index contributed by atoms with van der Waals surface area (Å²) in [6.07, 6.45) is 0. The molecule has 0 saturated carbocycles. The van der Waals surface area contributed by atoms with E-state index >= 15 is 0 Å². The van der Waals surface area contributed by atoms with Crippen molar-refractivity contribution < 1.29 is 9.53 Å². The molecule has 1 aliphatic heterocycles. The standard InChI is InChI=1S/C20H27N3O2S/c1-14-15(2)26-19(21-14)17-7-5-6-16(12-17)18(24)22-20(3,4)13-23-8-10-25-11-9-23/h5-7,12H,8-11,13H2,1-4H3,(H,22,24). The smallest absolute Gasteiger partial charge is 0.251 e. The molecule has 3 rings (SSSR count). The number of ether oxygens (including phenoxy) is 1. The van der Waals surface area contributed by atoms with Crippen LogP contribution in [0.25, 0.3) is 10.6 Å². The summed E-state index contributed by atoms with van der Waals surface area (Å²) in [6, 6.07) is 7.72. The van der Waals surface area contributed by atoms with Crippen LogP contribution in [0.1, 0.15) is 34.8 Å². The summed E-state index contributed by atoms with van der Waals surface area (Å²) < 4.78 is 5.40. The lowest BCUT2D eigenvalue weighted by molar-refractivity contribution is 0.0269. The van der Waals surface area contributed by atoms with Crippen LogP contribution in [-0.2, 0) is 4.74 Å². The maximum atomic E-state index is 12.8. The van der Waals surface area contributed by atoms with E-state index in [9.17, 15) is 4.79 Å². The van der Waals surface area contributed by atoms with Gasteiger partial charge in [-0.3, -0.25) is 9.69 Å². The highest BCUT2D eigenvalue weighted by molar-refractivity contribution is 7.15. The molecule has 6 heteroatoms. The van der Waals surface area contributed by atoms with E-state index < -0.39 is 0 Å². The molecule has 1 saturated heterocycles. The Hall–Kier alpha value is -1.76. The molecule has 1 aromatic heterocycles. The van der Waals surface area contributed by atoms with Crippen molar-refractivity contribution >= 4 is 17.2 Å². The zero-order valence-corrected chi connectivity index (χ0v) is 16.8. The second kappa shape index (κ2) is 7.86. The number of aromatic nitrogens is 1. The van der Waals surface area contributed by atoms with Crippen molar-refractivity contribution in [3.8, 4) is 10.6 Å². The van der Waals surface area contributed by atoms with Gasteiger partial charge in [0.25, 0.3) is 5.91 Å². The van der Waals surface area contributed by atoms with Gasteiger partial charge in [-0.2, -0.15) is 0 Å². The predicted octanol–water partition coefficient (Wildman–Crippen LogP) is 3.27. The quantitative estimate of drug-likeness (QED) is 0.874. The van der Waals surface area contributed by atoms with Gasteiger partial charge in [0.15, 0.2) is 0 Å². The van der Waals surface area contributed by atoms with Crippen molar-refractivity contribution in [2.24, 2.45) is 0 Å². The Balaban J connectivity index is 1.70. The molecule has 1 fully saturated rings. The normalized spacial score (nSPS) is 15.8. The van der Waals surface area contributed by atoms with Crippen LogP contribution in [0.4, 0.5) is 0 Å². The molecule has 2 aromatic rings. The number of carbonyl (C=O) groups is 1. The van der Waals surface area contributed by atoms with Crippen molar-refractivity contribution in [1.82, 2.24) is 15.2 Å². The molecular weight excluding hydrogens is 346 g/mol. The number of nitrogens with zero attached hydrogens (tertiary/aromatic N) is 2. The fourth-order valence-electron chi connectivity index (χ4n) is 3.13. The minimum absolute atomic E-state index is 0.0462. The number of carbonyl (C=O) groups excluding carboxylic acids is 1. The van der Waals surface area contributed by atoms with Crippen molar-refractivity contribution in [2.45, 2.75) is 33.2 Å². The van der Waals surface area contributed by atoms with Gasteiger partial charge in [0.2, 0.25) is 0 Å². The minimum atomic E-state index is -0.307. The molecule has 0 spiro atoms. The Morgan fingerprint density at radius 1 is 1.31 bits per heavy atom. The van der Waals surface area contributed by atoms with Crippen molar-refractivity contribution in [3.63, 3.8) is 0 Å². The third kappa shape index (κ3) is 4.69. The van der Waals surface area contributed by atoms with E-state index in [0.717, 1.165) is 49.1 Å². The van der Waals surface area contributed by atoms with Crippen molar-refractivity contribution in [3.05, 3.63) is 40.4 Å². The Morgan fingerprint density at radius 3 is 2.69 bits per heavy atom. The van der Waals surface area contributed by atoms with Crippen molar-refractivity contribution in [1.29, 1.82) is 0 Å². The van der Waals surface area contributed by atoms with Crippen molar-refractivity contribution in [2.75, 3.05) is 32.8 Å². The van der Waals surface area contributed by atoms with Gasteiger partial charge in [-0.05, 0) is 39.8 Å².